The number of nitrogens with one attached hydrogen (secondary N) is 1. The molecule has 210 valence electrons. The topological polar surface area (TPSA) is 133 Å². The first-order valence-electron chi connectivity index (χ1n) is 12.2. The number of thiocarbonyl (C=S) groups is 1. The van der Waals surface area contributed by atoms with Crippen LogP contribution in [0.5, 0.6) is 0 Å². The van der Waals surface area contributed by atoms with Gasteiger partial charge < -0.3 is 33.5 Å². The summed E-state index contributed by atoms with van der Waals surface area (Å²) in [7, 11) is 7.45. The fraction of sp³-hybridized carbons (Fsp3) is 0.500. The number of nitrogens with zero attached hydrogens (tertiary/aromatic N) is 1. The molecule has 11 nitrogen and oxygen atoms in total. The van der Waals surface area contributed by atoms with E-state index >= 15 is 0 Å². The van der Waals surface area contributed by atoms with E-state index in [1.165, 1.54) is 19.3 Å². The molecule has 2 aliphatic heterocycles. The molecule has 2 unspecified atom stereocenters. The summed E-state index contributed by atoms with van der Waals surface area (Å²) >= 11 is 10.3. The van der Waals surface area contributed by atoms with Gasteiger partial charge in [0.15, 0.2) is 0 Å². The normalized spacial score (nSPS) is 24.0. The fourth-order valence-corrected chi connectivity index (χ4v) is 5.25. The third kappa shape index (κ3) is 9.75. The molecule has 0 aliphatic carbocycles. The summed E-state index contributed by atoms with van der Waals surface area (Å²) in [6.45, 7) is -3.09. The van der Waals surface area contributed by atoms with Crippen molar-refractivity contribution in [1.29, 1.82) is 0 Å². The summed E-state index contributed by atoms with van der Waals surface area (Å²) < 4.78 is 26.8. The molecule has 2 heterocycles. The molecule has 1 fully saturated rings. The largest absolute Gasteiger partial charge is 0.508 e. The van der Waals surface area contributed by atoms with Gasteiger partial charge in [-0.3, -0.25) is 14.5 Å². The van der Waals surface area contributed by atoms with Crippen molar-refractivity contribution < 1.29 is 42.5 Å². The van der Waals surface area contributed by atoms with Crippen LogP contribution in [0.2, 0.25) is 0 Å². The van der Waals surface area contributed by atoms with E-state index in [-0.39, 0.29) is 31.6 Å². The van der Waals surface area contributed by atoms with Crippen LogP contribution in [-0.4, -0.2) is 85.6 Å². The van der Waals surface area contributed by atoms with E-state index in [1.54, 1.807) is 0 Å². The Morgan fingerprint density at radius 3 is 2.56 bits per heavy atom. The molecule has 0 bridgehead atoms. The minimum Gasteiger partial charge on any atom is -0.431 e. The number of ether oxygens (including phenoxy) is 3. The zero-order chi connectivity index (χ0) is 28.4. The predicted octanol–water partition coefficient (Wildman–Crippen LogP) is 2.11. The van der Waals surface area contributed by atoms with Crippen LogP contribution in [0.1, 0.15) is 24.8 Å². The Kier molecular flexibility index (Phi) is 12.0. The molecule has 5 atom stereocenters. The minimum absolute atomic E-state index is 0.0464. The van der Waals surface area contributed by atoms with Crippen molar-refractivity contribution in [3.8, 4) is 0 Å². The van der Waals surface area contributed by atoms with Crippen molar-refractivity contribution in [1.82, 2.24) is 10.2 Å². The lowest BCUT2D eigenvalue weighted by atomic mass is 9.82. The van der Waals surface area contributed by atoms with Crippen LogP contribution in [0.15, 0.2) is 42.5 Å². The summed E-state index contributed by atoms with van der Waals surface area (Å²) in [4.78, 5) is 47.3. The van der Waals surface area contributed by atoms with Crippen LogP contribution in [0.25, 0.3) is 0 Å². The van der Waals surface area contributed by atoms with E-state index < -0.39 is 37.0 Å². The van der Waals surface area contributed by atoms with Gasteiger partial charge in [0.1, 0.15) is 33.3 Å². The van der Waals surface area contributed by atoms with Crippen molar-refractivity contribution in [3.05, 3.63) is 48.0 Å². The maximum atomic E-state index is 12.1. The van der Waals surface area contributed by atoms with Gasteiger partial charge in [-0.15, -0.1) is 0 Å². The molecule has 2 N–H and O–H groups in total. The van der Waals surface area contributed by atoms with Crippen molar-refractivity contribution in [3.63, 3.8) is 0 Å². The van der Waals surface area contributed by atoms with Gasteiger partial charge in [-0.2, -0.15) is 0 Å². The Labute approximate surface area is 238 Å². The molecule has 2 radical (unpaired) electrons. The summed E-state index contributed by atoms with van der Waals surface area (Å²) in [5.74, 6) is -1.11. The number of amides is 2. The van der Waals surface area contributed by atoms with Gasteiger partial charge in [0.05, 0.1) is 4.99 Å². The summed E-state index contributed by atoms with van der Waals surface area (Å²) in [5.41, 5.74) is 0.805. The Morgan fingerprint density at radius 1 is 1.21 bits per heavy atom. The van der Waals surface area contributed by atoms with Crippen LogP contribution >= 0.6 is 18.9 Å². The van der Waals surface area contributed by atoms with Gasteiger partial charge in [0.25, 0.3) is 11.8 Å². The van der Waals surface area contributed by atoms with Gasteiger partial charge in [-0.05, 0) is 30.2 Å². The maximum absolute atomic E-state index is 12.1. The Balaban J connectivity index is 1.46. The van der Waals surface area contributed by atoms with Gasteiger partial charge in [-0.1, -0.05) is 42.5 Å². The fourth-order valence-electron chi connectivity index (χ4n) is 4.08. The quantitative estimate of drug-likeness (QED) is 0.0814. The lowest BCUT2D eigenvalue weighted by Crippen LogP contribution is -2.35. The minimum atomic E-state index is -3.58. The van der Waals surface area contributed by atoms with E-state index in [1.807, 2.05) is 30.3 Å². The third-order valence-corrected chi connectivity index (χ3v) is 8.12. The smallest absolute Gasteiger partial charge is 0.431 e. The van der Waals surface area contributed by atoms with E-state index in [4.69, 9.17) is 55.1 Å². The molecule has 1 aromatic rings. The number of rotatable bonds is 14. The second-order valence-corrected chi connectivity index (χ2v) is 12.2. The first-order chi connectivity index (χ1) is 18.6. The standard InChI is InChI=1S/C24H30BN2O9PS2/c1-32-37(31,39)36-22-17(8-5-12-26-19(38)11-13-27-20(28)9-10-21(27)29)23(25)35-18(22)15-34-24(30)33-14-16-6-3-2-4-7-16/h2-4,6-7,9-10,17-18,22-23H,5,8,11-15H2,1H3,(H,26,38)(H,31,39)/t17?,18-,22-,23-,37?/m1/s1. The van der Waals surface area contributed by atoms with E-state index in [2.05, 4.69) is 5.32 Å². The Hall–Kier alpha value is -2.19. The number of hydrogen-bond acceptors (Lipinski definition) is 10. The van der Waals surface area contributed by atoms with Crippen LogP contribution in [0, 0.1) is 5.92 Å². The average Bonchev–Trinajstić information content (AvgIpc) is 3.39. The van der Waals surface area contributed by atoms with Gasteiger partial charge in [-0.25, -0.2) is 4.79 Å². The Bertz CT molecular complexity index is 1090. The van der Waals surface area contributed by atoms with E-state index in [0.717, 1.165) is 10.5 Å². The highest BCUT2D eigenvalue weighted by atomic mass is 32.5. The summed E-state index contributed by atoms with van der Waals surface area (Å²) in [5, 5.41) is 3.09. The first kappa shape index (κ1) is 31.3. The highest BCUT2D eigenvalue weighted by molar-refractivity contribution is 8.07. The zero-order valence-electron chi connectivity index (χ0n) is 21.3. The van der Waals surface area contributed by atoms with Crippen molar-refractivity contribution >= 4 is 61.5 Å². The van der Waals surface area contributed by atoms with Crippen molar-refractivity contribution in [2.45, 2.75) is 44.1 Å². The van der Waals surface area contributed by atoms with E-state index in [9.17, 15) is 19.3 Å². The Morgan fingerprint density at radius 2 is 1.90 bits per heavy atom. The number of imide groups is 1. The molecule has 2 aliphatic rings. The van der Waals surface area contributed by atoms with Gasteiger partial charge in [0.2, 0.25) is 0 Å². The third-order valence-electron chi connectivity index (χ3n) is 6.09. The molecule has 15 heteroatoms. The SMILES string of the molecule is [B][C@@H]1O[C@H](COC(=O)OCc2ccccc2)[C@H](OP(O)(=S)OC)C1CCCNC(=S)CCN1C(=O)C=CC1=O. The first-order valence-corrected chi connectivity index (χ1v) is 15.2. The number of carbonyl (C=O) groups excluding carboxylic acids is 3. The number of benzene rings is 1. The molecule has 2 amide bonds. The highest BCUT2D eigenvalue weighted by Gasteiger charge is 2.45. The lowest BCUT2D eigenvalue weighted by molar-refractivity contribution is -0.136. The van der Waals surface area contributed by atoms with Crippen LogP contribution in [0.4, 0.5) is 4.79 Å². The molecular weight excluding hydrogens is 566 g/mol. The summed E-state index contributed by atoms with van der Waals surface area (Å²) in [6, 6.07) is 8.36. The summed E-state index contributed by atoms with van der Waals surface area (Å²) in [6.07, 6.45) is 1.40. The van der Waals surface area contributed by atoms with Crippen molar-refractivity contribution in [2.75, 3.05) is 26.8 Å². The number of hydrogen-bond donors (Lipinski definition) is 2. The average molecular weight is 596 g/mol. The maximum Gasteiger partial charge on any atom is 0.508 e. The van der Waals surface area contributed by atoms with Gasteiger partial charge in [0, 0.05) is 50.7 Å². The van der Waals surface area contributed by atoms with E-state index in [0.29, 0.717) is 30.8 Å². The second-order valence-electron chi connectivity index (χ2n) is 8.76. The molecule has 0 spiro atoms. The highest BCUT2D eigenvalue weighted by Crippen LogP contribution is 2.48. The van der Waals surface area contributed by atoms with Crippen LogP contribution in [0.3, 0.4) is 0 Å². The van der Waals surface area contributed by atoms with Gasteiger partial charge >= 0.3 is 12.9 Å². The molecule has 0 aromatic heterocycles. The van der Waals surface area contributed by atoms with Crippen LogP contribution in [-0.2, 0) is 51.3 Å². The second kappa shape index (κ2) is 15.0. The molecular formula is C24H30BN2O9PS2. The molecule has 3 rings (SSSR count). The van der Waals surface area contributed by atoms with Crippen LogP contribution < -0.4 is 5.32 Å². The molecule has 1 saturated heterocycles. The monoisotopic (exact) mass is 596 g/mol. The van der Waals surface area contributed by atoms with Crippen molar-refractivity contribution in [2.24, 2.45) is 5.92 Å². The molecule has 0 saturated carbocycles. The zero-order valence-corrected chi connectivity index (χ0v) is 23.8. The molecule has 39 heavy (non-hydrogen) atoms. The predicted molar refractivity (Wildman–Crippen MR) is 149 cm³/mol. The number of carbonyl (C=O) groups is 3. The molecule has 1 aromatic carbocycles. The lowest BCUT2D eigenvalue weighted by Gasteiger charge is -2.27.